The van der Waals surface area contributed by atoms with Crippen LogP contribution in [-0.2, 0) is 33.0 Å². The summed E-state index contributed by atoms with van der Waals surface area (Å²) in [5, 5.41) is 2.73. The van der Waals surface area contributed by atoms with Gasteiger partial charge in [-0.1, -0.05) is 20.8 Å². The van der Waals surface area contributed by atoms with Crippen LogP contribution in [0.1, 0.15) is 47.5 Å². The molecule has 3 fully saturated rings. The summed E-state index contributed by atoms with van der Waals surface area (Å²) in [6, 6.07) is 0. The molecule has 166 valence electrons. The second kappa shape index (κ2) is 7.39. The van der Waals surface area contributed by atoms with Crippen molar-refractivity contribution < 1.29 is 33.0 Å². The third kappa shape index (κ3) is 4.05. The summed E-state index contributed by atoms with van der Waals surface area (Å²) in [5.74, 6) is -1.14. The first kappa shape index (κ1) is 22.8. The number of nitrogens with one attached hydrogen (secondary N) is 1. The molecule has 0 radical (unpaired) electrons. The zero-order valence-electron chi connectivity index (χ0n) is 18.8. The van der Waals surface area contributed by atoms with E-state index in [1.54, 1.807) is 0 Å². The standard InChI is InChI=1S/C20H35NO7Si/c1-18(2,3)29(7,8)28-20(11-21-13(23)10-9-12(20)22)16-14-15(17(24-6)25-16)27-19(4,5)26-14/h14-17H,9-11H2,1-8H3,(H,21,23)/t14-,15+,16+,17+,20-/m1/s1. The molecule has 0 saturated carbocycles. The van der Waals surface area contributed by atoms with Crippen molar-refractivity contribution in [2.45, 2.75) is 102 Å². The summed E-state index contributed by atoms with van der Waals surface area (Å²) < 4.78 is 30.6. The van der Waals surface area contributed by atoms with Crippen molar-refractivity contribution in [3.05, 3.63) is 0 Å². The van der Waals surface area contributed by atoms with Gasteiger partial charge in [0.2, 0.25) is 5.91 Å². The van der Waals surface area contributed by atoms with Crippen molar-refractivity contribution in [1.29, 1.82) is 0 Å². The summed E-state index contributed by atoms with van der Waals surface area (Å²) >= 11 is 0. The zero-order chi connectivity index (χ0) is 21.8. The minimum absolute atomic E-state index is 0.0469. The molecule has 1 amide bonds. The van der Waals surface area contributed by atoms with Crippen LogP contribution in [0.3, 0.4) is 0 Å². The molecule has 9 heteroatoms. The molecule has 0 bridgehead atoms. The number of rotatable bonds is 4. The Morgan fingerprint density at radius 3 is 2.31 bits per heavy atom. The number of ether oxygens (including phenoxy) is 4. The van der Waals surface area contributed by atoms with E-state index in [9.17, 15) is 9.59 Å². The van der Waals surface area contributed by atoms with E-state index in [0.29, 0.717) is 0 Å². The van der Waals surface area contributed by atoms with Gasteiger partial charge in [-0.2, -0.15) is 0 Å². The van der Waals surface area contributed by atoms with E-state index >= 15 is 0 Å². The summed E-state index contributed by atoms with van der Waals surface area (Å²) in [6.07, 6.45) is -2.22. The lowest BCUT2D eigenvalue weighted by atomic mass is 9.86. The van der Waals surface area contributed by atoms with Crippen LogP contribution in [0.4, 0.5) is 0 Å². The Kier molecular flexibility index (Phi) is 5.82. The van der Waals surface area contributed by atoms with Crippen LogP contribution in [-0.4, -0.2) is 69.7 Å². The van der Waals surface area contributed by atoms with E-state index in [2.05, 4.69) is 39.2 Å². The third-order valence-electron chi connectivity index (χ3n) is 6.55. The Hall–Kier alpha value is -0.843. The smallest absolute Gasteiger partial charge is 0.220 e. The molecule has 8 nitrogen and oxygen atoms in total. The maximum Gasteiger partial charge on any atom is 0.220 e. The number of amides is 1. The Bertz CT molecular complexity index is 674. The fourth-order valence-electron chi connectivity index (χ4n) is 4.00. The lowest BCUT2D eigenvalue weighted by molar-refractivity contribution is -0.245. The molecule has 0 aromatic rings. The predicted octanol–water partition coefficient (Wildman–Crippen LogP) is 2.12. The molecule has 0 unspecified atom stereocenters. The van der Waals surface area contributed by atoms with E-state index in [1.807, 2.05) is 13.8 Å². The van der Waals surface area contributed by atoms with Gasteiger partial charge in [0.1, 0.15) is 18.3 Å². The number of hydrogen-bond acceptors (Lipinski definition) is 7. The highest BCUT2D eigenvalue weighted by atomic mass is 28.4. The normalized spacial score (nSPS) is 37.9. The summed E-state index contributed by atoms with van der Waals surface area (Å²) in [4.78, 5) is 25.6. The molecule has 3 heterocycles. The first-order valence-corrected chi connectivity index (χ1v) is 13.2. The van der Waals surface area contributed by atoms with Crippen LogP contribution in [0.2, 0.25) is 18.1 Å². The molecule has 0 aromatic heterocycles. The summed E-state index contributed by atoms with van der Waals surface area (Å²) in [7, 11) is -0.881. The number of carbonyl (C=O) groups is 2. The molecular weight excluding hydrogens is 394 g/mol. The van der Waals surface area contributed by atoms with Gasteiger partial charge in [0.15, 0.2) is 31.8 Å². The van der Waals surface area contributed by atoms with Crippen molar-refractivity contribution in [1.82, 2.24) is 5.32 Å². The molecule has 3 saturated heterocycles. The van der Waals surface area contributed by atoms with Crippen LogP contribution < -0.4 is 5.32 Å². The van der Waals surface area contributed by atoms with Gasteiger partial charge in [-0.15, -0.1) is 0 Å². The average molecular weight is 430 g/mol. The second-order valence-electron chi connectivity index (χ2n) is 10.2. The van der Waals surface area contributed by atoms with Crippen molar-refractivity contribution in [3.63, 3.8) is 0 Å². The van der Waals surface area contributed by atoms with Crippen LogP contribution in [0.5, 0.6) is 0 Å². The zero-order valence-corrected chi connectivity index (χ0v) is 19.8. The molecule has 0 aliphatic carbocycles. The molecular formula is C20H35NO7Si. The minimum atomic E-state index is -2.42. The largest absolute Gasteiger partial charge is 0.401 e. The topological polar surface area (TPSA) is 92.3 Å². The lowest BCUT2D eigenvalue weighted by Gasteiger charge is -2.47. The van der Waals surface area contributed by atoms with Crippen LogP contribution >= 0.6 is 0 Å². The summed E-state index contributed by atoms with van der Waals surface area (Å²) in [6.45, 7) is 14.2. The Balaban J connectivity index is 2.06. The van der Waals surface area contributed by atoms with E-state index < -0.39 is 44.3 Å². The molecule has 0 aromatic carbocycles. The number of methoxy groups -OCH3 is 1. The van der Waals surface area contributed by atoms with Gasteiger partial charge in [0, 0.05) is 20.0 Å². The van der Waals surface area contributed by atoms with Gasteiger partial charge in [-0.25, -0.2) is 0 Å². The second-order valence-corrected chi connectivity index (χ2v) is 14.9. The third-order valence-corrected chi connectivity index (χ3v) is 11.0. The summed E-state index contributed by atoms with van der Waals surface area (Å²) in [5.41, 5.74) is -1.35. The maximum absolute atomic E-state index is 13.5. The average Bonchev–Trinajstić information content (AvgIpc) is 3.03. The van der Waals surface area contributed by atoms with E-state index in [4.69, 9.17) is 23.4 Å². The number of fused-ring (bicyclic) bond motifs is 1. The highest BCUT2D eigenvalue weighted by Crippen LogP contribution is 2.47. The van der Waals surface area contributed by atoms with Gasteiger partial charge in [-0.05, 0) is 32.0 Å². The molecule has 5 atom stereocenters. The van der Waals surface area contributed by atoms with E-state index in [1.165, 1.54) is 7.11 Å². The Labute approximate surface area is 174 Å². The molecule has 3 aliphatic rings. The van der Waals surface area contributed by atoms with E-state index in [0.717, 1.165) is 0 Å². The van der Waals surface area contributed by atoms with Crippen molar-refractivity contribution in [3.8, 4) is 0 Å². The Morgan fingerprint density at radius 1 is 1.10 bits per heavy atom. The van der Waals surface area contributed by atoms with E-state index in [-0.39, 0.29) is 36.1 Å². The minimum Gasteiger partial charge on any atom is -0.401 e. The number of hydrogen-bond donors (Lipinski definition) is 1. The first-order chi connectivity index (χ1) is 13.2. The molecule has 0 spiro atoms. The van der Waals surface area contributed by atoms with Crippen molar-refractivity contribution in [2.75, 3.05) is 13.7 Å². The quantitative estimate of drug-likeness (QED) is 0.684. The molecule has 3 aliphatic heterocycles. The number of ketones is 1. The van der Waals surface area contributed by atoms with Gasteiger partial charge in [0.05, 0.1) is 6.54 Å². The van der Waals surface area contributed by atoms with Crippen LogP contribution in [0.15, 0.2) is 0 Å². The fourth-order valence-corrected chi connectivity index (χ4v) is 5.52. The molecule has 3 rings (SSSR count). The van der Waals surface area contributed by atoms with Crippen LogP contribution in [0, 0.1) is 0 Å². The SMILES string of the molecule is CO[C@H]1O[C@H]([C@@]2(O[Si](C)(C)C(C)(C)C)CNC(=O)CCC2=O)[C@@H]2OC(C)(C)O[C@H]12. The molecule has 29 heavy (non-hydrogen) atoms. The highest BCUT2D eigenvalue weighted by Gasteiger charge is 2.65. The van der Waals surface area contributed by atoms with Crippen molar-refractivity contribution >= 4 is 20.0 Å². The molecule has 1 N–H and O–H groups in total. The van der Waals surface area contributed by atoms with Gasteiger partial charge < -0.3 is 28.7 Å². The maximum atomic E-state index is 13.5. The predicted molar refractivity (Wildman–Crippen MR) is 108 cm³/mol. The van der Waals surface area contributed by atoms with Crippen molar-refractivity contribution in [2.24, 2.45) is 0 Å². The van der Waals surface area contributed by atoms with Gasteiger partial charge >= 0.3 is 0 Å². The van der Waals surface area contributed by atoms with Gasteiger partial charge in [-0.3, -0.25) is 9.59 Å². The highest BCUT2D eigenvalue weighted by molar-refractivity contribution is 6.74. The van der Waals surface area contributed by atoms with Gasteiger partial charge in [0.25, 0.3) is 0 Å². The Morgan fingerprint density at radius 2 is 1.72 bits per heavy atom. The fraction of sp³-hybridized carbons (Fsp3) is 0.900. The van der Waals surface area contributed by atoms with Crippen LogP contribution in [0.25, 0.3) is 0 Å². The number of Topliss-reactive ketones (excluding diaryl/α,β-unsaturated/α-hetero) is 1. The monoisotopic (exact) mass is 429 g/mol. The first-order valence-electron chi connectivity index (χ1n) is 10.3. The number of carbonyl (C=O) groups excluding carboxylic acids is 2. The lowest BCUT2D eigenvalue weighted by Crippen LogP contribution is -2.65.